The Morgan fingerprint density at radius 3 is 2.56 bits per heavy atom. The summed E-state index contributed by atoms with van der Waals surface area (Å²) < 4.78 is 49.8. The van der Waals surface area contributed by atoms with E-state index in [-0.39, 0.29) is 11.7 Å². The van der Waals surface area contributed by atoms with Gasteiger partial charge in [-0.1, -0.05) is 18.2 Å². The van der Waals surface area contributed by atoms with Crippen molar-refractivity contribution in [3.63, 3.8) is 0 Å². The van der Waals surface area contributed by atoms with E-state index >= 15 is 0 Å². The number of benzene rings is 2. The number of anilines is 1. The van der Waals surface area contributed by atoms with E-state index < -0.39 is 23.4 Å². The zero-order valence-corrected chi connectivity index (χ0v) is 17.6. The Morgan fingerprint density at radius 2 is 1.88 bits per heavy atom. The number of cyclic esters (lactones) is 1. The third kappa shape index (κ3) is 4.68. The van der Waals surface area contributed by atoms with Crippen LogP contribution in [-0.4, -0.2) is 55.5 Å². The number of rotatable bonds is 5. The summed E-state index contributed by atoms with van der Waals surface area (Å²) in [5.74, 6) is 0.642. The third-order valence-electron chi connectivity index (χ3n) is 6.11. The SMILES string of the molecule is COc1cccc(N2CC(CN3CCC(O)(c4cccc(C(F)(F)F)c4)CC3)OC2=O)c1. The first kappa shape index (κ1) is 22.4. The van der Waals surface area contributed by atoms with Crippen LogP contribution in [0, 0.1) is 0 Å². The molecule has 0 aromatic heterocycles. The smallest absolute Gasteiger partial charge is 0.416 e. The molecule has 6 nitrogen and oxygen atoms in total. The first-order valence-corrected chi connectivity index (χ1v) is 10.4. The van der Waals surface area contributed by atoms with Crippen molar-refractivity contribution in [2.45, 2.75) is 30.7 Å². The zero-order valence-electron chi connectivity index (χ0n) is 17.6. The number of carbonyl (C=O) groups is 1. The molecule has 2 aliphatic rings. The Bertz CT molecular complexity index is 974. The molecule has 0 bridgehead atoms. The van der Waals surface area contributed by atoms with Crippen LogP contribution in [0.4, 0.5) is 23.7 Å². The number of likely N-dealkylation sites (tertiary alicyclic amines) is 1. The minimum absolute atomic E-state index is 0.281. The van der Waals surface area contributed by atoms with Gasteiger partial charge >= 0.3 is 12.3 Å². The molecule has 32 heavy (non-hydrogen) atoms. The van der Waals surface area contributed by atoms with Crippen molar-refractivity contribution in [3.05, 3.63) is 59.7 Å². The quantitative estimate of drug-likeness (QED) is 0.746. The van der Waals surface area contributed by atoms with Crippen molar-refractivity contribution in [2.75, 3.05) is 38.2 Å². The summed E-state index contributed by atoms with van der Waals surface area (Å²) in [6.45, 7) is 1.85. The Kier molecular flexibility index (Phi) is 6.05. The van der Waals surface area contributed by atoms with Crippen molar-refractivity contribution in [1.82, 2.24) is 4.90 Å². The van der Waals surface area contributed by atoms with E-state index in [4.69, 9.17) is 9.47 Å². The van der Waals surface area contributed by atoms with Crippen LogP contribution in [0.2, 0.25) is 0 Å². The summed E-state index contributed by atoms with van der Waals surface area (Å²) in [6.07, 6.45) is -4.62. The molecule has 2 heterocycles. The van der Waals surface area contributed by atoms with Gasteiger partial charge in [0.15, 0.2) is 0 Å². The number of carbonyl (C=O) groups excluding carboxylic acids is 1. The highest BCUT2D eigenvalue weighted by Gasteiger charge is 2.39. The molecule has 1 N–H and O–H groups in total. The van der Waals surface area contributed by atoms with Crippen LogP contribution in [0.15, 0.2) is 48.5 Å². The molecule has 2 saturated heterocycles. The molecule has 1 unspecified atom stereocenters. The lowest BCUT2D eigenvalue weighted by Gasteiger charge is -2.39. The maximum atomic E-state index is 13.0. The summed E-state index contributed by atoms with van der Waals surface area (Å²) in [6, 6.07) is 12.1. The Morgan fingerprint density at radius 1 is 1.16 bits per heavy atom. The molecular weight excluding hydrogens is 425 g/mol. The van der Waals surface area contributed by atoms with Crippen molar-refractivity contribution in [1.29, 1.82) is 0 Å². The Hall–Kier alpha value is -2.78. The molecule has 172 valence electrons. The van der Waals surface area contributed by atoms with Crippen molar-refractivity contribution < 1.29 is 32.5 Å². The molecule has 1 atom stereocenters. The molecule has 9 heteroatoms. The summed E-state index contributed by atoms with van der Waals surface area (Å²) in [5.41, 5.74) is -1.10. The van der Waals surface area contributed by atoms with Crippen LogP contribution in [0.25, 0.3) is 0 Å². The second-order valence-corrected chi connectivity index (χ2v) is 8.23. The van der Waals surface area contributed by atoms with Crippen LogP contribution in [0.3, 0.4) is 0 Å². The molecular formula is C23H25F3N2O4. The zero-order chi connectivity index (χ0) is 22.9. The van der Waals surface area contributed by atoms with Gasteiger partial charge in [-0.2, -0.15) is 13.2 Å². The van der Waals surface area contributed by atoms with E-state index in [0.717, 1.165) is 12.1 Å². The number of amides is 1. The number of halogens is 3. The predicted molar refractivity (Wildman–Crippen MR) is 112 cm³/mol. The van der Waals surface area contributed by atoms with Crippen LogP contribution < -0.4 is 9.64 Å². The van der Waals surface area contributed by atoms with Gasteiger partial charge < -0.3 is 14.6 Å². The van der Waals surface area contributed by atoms with Gasteiger partial charge in [-0.15, -0.1) is 0 Å². The number of alkyl halides is 3. The maximum Gasteiger partial charge on any atom is 0.416 e. The Labute approximate surface area is 184 Å². The minimum atomic E-state index is -4.45. The molecule has 4 rings (SSSR count). The van der Waals surface area contributed by atoms with Gasteiger partial charge in [0.1, 0.15) is 11.9 Å². The average molecular weight is 450 g/mol. The predicted octanol–water partition coefficient (Wildman–Crippen LogP) is 4.02. The number of ether oxygens (including phenoxy) is 2. The number of nitrogens with zero attached hydrogens (tertiary/aromatic N) is 2. The molecule has 0 aliphatic carbocycles. The van der Waals surface area contributed by atoms with E-state index in [9.17, 15) is 23.1 Å². The van der Waals surface area contributed by atoms with Gasteiger partial charge in [0.2, 0.25) is 0 Å². The second-order valence-electron chi connectivity index (χ2n) is 8.23. The van der Waals surface area contributed by atoms with E-state index in [0.29, 0.717) is 50.5 Å². The number of aliphatic hydroxyl groups is 1. The topological polar surface area (TPSA) is 62.2 Å². The van der Waals surface area contributed by atoms with Crippen LogP contribution in [-0.2, 0) is 16.5 Å². The minimum Gasteiger partial charge on any atom is -0.497 e. The molecule has 2 aliphatic heterocycles. The van der Waals surface area contributed by atoms with E-state index in [2.05, 4.69) is 4.90 Å². The lowest BCUT2D eigenvalue weighted by Crippen LogP contribution is -2.45. The average Bonchev–Trinajstić information content (AvgIpc) is 3.15. The standard InChI is InChI=1S/C23H25F3N2O4/c1-31-19-7-3-6-18(13-19)28-15-20(32-21(28)29)14-27-10-8-22(30,9-11-27)16-4-2-5-17(12-16)23(24,25)26/h2-7,12-13,20,30H,8-11,14-15H2,1H3. The second kappa shape index (κ2) is 8.63. The molecule has 1 amide bonds. The molecule has 2 aromatic carbocycles. The van der Waals surface area contributed by atoms with Gasteiger partial charge in [-0.25, -0.2) is 4.79 Å². The van der Waals surface area contributed by atoms with Crippen LogP contribution in [0.5, 0.6) is 5.75 Å². The molecule has 2 fully saturated rings. The van der Waals surface area contributed by atoms with E-state index in [1.807, 2.05) is 6.07 Å². The fourth-order valence-corrected chi connectivity index (χ4v) is 4.27. The third-order valence-corrected chi connectivity index (χ3v) is 6.11. The molecule has 0 radical (unpaired) electrons. The number of hydrogen-bond acceptors (Lipinski definition) is 5. The summed E-state index contributed by atoms with van der Waals surface area (Å²) in [7, 11) is 1.56. The lowest BCUT2D eigenvalue weighted by atomic mass is 9.83. The Balaban J connectivity index is 1.36. The van der Waals surface area contributed by atoms with Crippen LogP contribution >= 0.6 is 0 Å². The van der Waals surface area contributed by atoms with E-state index in [1.165, 1.54) is 12.1 Å². The summed E-state index contributed by atoms with van der Waals surface area (Å²) in [5, 5.41) is 11.0. The fourth-order valence-electron chi connectivity index (χ4n) is 4.27. The van der Waals surface area contributed by atoms with E-state index in [1.54, 1.807) is 30.2 Å². The van der Waals surface area contributed by atoms with Gasteiger partial charge in [-0.3, -0.25) is 9.80 Å². The van der Waals surface area contributed by atoms with Gasteiger partial charge in [0, 0.05) is 25.7 Å². The highest BCUT2D eigenvalue weighted by Crippen LogP contribution is 2.37. The van der Waals surface area contributed by atoms with Gasteiger partial charge in [0.05, 0.1) is 30.5 Å². The monoisotopic (exact) mass is 450 g/mol. The lowest BCUT2D eigenvalue weighted by molar-refractivity contribution is -0.137. The maximum absolute atomic E-state index is 13.0. The fraction of sp³-hybridized carbons (Fsp3) is 0.435. The summed E-state index contributed by atoms with van der Waals surface area (Å²) >= 11 is 0. The molecule has 0 spiro atoms. The number of hydrogen-bond donors (Lipinski definition) is 1. The summed E-state index contributed by atoms with van der Waals surface area (Å²) in [4.78, 5) is 16.0. The van der Waals surface area contributed by atoms with Crippen LogP contribution in [0.1, 0.15) is 24.0 Å². The molecule has 2 aromatic rings. The molecule has 0 saturated carbocycles. The van der Waals surface area contributed by atoms with Crippen molar-refractivity contribution in [2.24, 2.45) is 0 Å². The van der Waals surface area contributed by atoms with Crippen molar-refractivity contribution in [3.8, 4) is 5.75 Å². The van der Waals surface area contributed by atoms with Gasteiger partial charge in [-0.05, 0) is 42.7 Å². The first-order valence-electron chi connectivity index (χ1n) is 10.4. The highest BCUT2D eigenvalue weighted by atomic mass is 19.4. The first-order chi connectivity index (χ1) is 15.2. The number of methoxy groups -OCH3 is 1. The van der Waals surface area contributed by atoms with Crippen molar-refractivity contribution >= 4 is 11.8 Å². The highest BCUT2D eigenvalue weighted by molar-refractivity contribution is 5.90. The number of piperidine rings is 1. The largest absolute Gasteiger partial charge is 0.497 e. The normalized spacial score (nSPS) is 21.5. The van der Waals surface area contributed by atoms with Gasteiger partial charge in [0.25, 0.3) is 0 Å².